The second-order valence-corrected chi connectivity index (χ2v) is 7.09. The van der Waals surface area contributed by atoms with Gasteiger partial charge < -0.3 is 16.0 Å². The number of piperidine rings is 1. The van der Waals surface area contributed by atoms with Gasteiger partial charge in [-0.2, -0.15) is 0 Å². The molecule has 2 rings (SSSR count). The van der Waals surface area contributed by atoms with Crippen LogP contribution in [0, 0.1) is 5.92 Å². The summed E-state index contributed by atoms with van der Waals surface area (Å²) >= 11 is 0. The highest BCUT2D eigenvalue weighted by atomic mass is 32.2. The fourth-order valence-electron chi connectivity index (χ4n) is 2.69. The van der Waals surface area contributed by atoms with E-state index in [4.69, 9.17) is 10.9 Å². The number of primary sulfonamides is 1. The minimum absolute atomic E-state index is 0.0238. The number of nitrogens with zero attached hydrogens (tertiary/aromatic N) is 1. The molecule has 0 bridgehead atoms. The summed E-state index contributed by atoms with van der Waals surface area (Å²) in [5, 5.41) is 8.42. The van der Waals surface area contributed by atoms with Gasteiger partial charge in [-0.1, -0.05) is 6.92 Å². The average molecular weight is 312 g/mol. The van der Waals surface area contributed by atoms with Crippen LogP contribution in [0.1, 0.15) is 19.8 Å². The van der Waals surface area contributed by atoms with Crippen molar-refractivity contribution in [2.45, 2.75) is 24.7 Å². The average Bonchev–Trinajstić information content (AvgIpc) is 2.44. The van der Waals surface area contributed by atoms with Crippen molar-refractivity contribution in [3.05, 3.63) is 18.2 Å². The first-order valence-electron chi connectivity index (χ1n) is 7.28. The highest BCUT2D eigenvalue weighted by Crippen LogP contribution is 2.23. The standard InChI is InChI=1S/C14H24N4O2S/c1-2-18-7-5-11(6-8-18)10-17-12-3-4-14(13(15)9-12)21(16,19)20/h3-4,9,11,17H,2,5-8,10,15H2,1H3,(H2,16,19,20). The van der Waals surface area contributed by atoms with E-state index >= 15 is 0 Å². The molecular weight excluding hydrogens is 288 g/mol. The molecule has 0 aromatic heterocycles. The Hall–Kier alpha value is -1.31. The van der Waals surface area contributed by atoms with Crippen molar-refractivity contribution < 1.29 is 8.42 Å². The molecule has 0 unspecified atom stereocenters. The lowest BCUT2D eigenvalue weighted by molar-refractivity contribution is 0.198. The number of nitrogen functional groups attached to an aromatic ring is 1. The molecule has 1 saturated heterocycles. The molecule has 0 aliphatic carbocycles. The van der Waals surface area contributed by atoms with Crippen molar-refractivity contribution in [2.24, 2.45) is 11.1 Å². The molecule has 7 heteroatoms. The number of anilines is 2. The van der Waals surface area contributed by atoms with Gasteiger partial charge in [0.25, 0.3) is 0 Å². The van der Waals surface area contributed by atoms with Crippen LogP contribution < -0.4 is 16.2 Å². The van der Waals surface area contributed by atoms with E-state index in [0.29, 0.717) is 5.92 Å². The molecule has 1 aliphatic rings. The highest BCUT2D eigenvalue weighted by Gasteiger charge is 2.18. The third kappa shape index (κ3) is 4.33. The third-order valence-electron chi connectivity index (χ3n) is 4.07. The van der Waals surface area contributed by atoms with E-state index in [1.54, 1.807) is 12.1 Å². The topological polar surface area (TPSA) is 101 Å². The maximum absolute atomic E-state index is 11.3. The summed E-state index contributed by atoms with van der Waals surface area (Å²) < 4.78 is 22.6. The maximum atomic E-state index is 11.3. The molecule has 1 aromatic rings. The summed E-state index contributed by atoms with van der Waals surface area (Å²) in [4.78, 5) is 2.43. The Bertz CT molecular complexity index is 581. The second kappa shape index (κ2) is 6.64. The smallest absolute Gasteiger partial charge is 0.240 e. The zero-order valence-electron chi connectivity index (χ0n) is 12.4. The minimum Gasteiger partial charge on any atom is -0.398 e. The summed E-state index contributed by atoms with van der Waals surface area (Å²) in [5.74, 6) is 0.645. The van der Waals surface area contributed by atoms with Crippen LogP contribution in [0.25, 0.3) is 0 Å². The molecule has 0 saturated carbocycles. The number of hydrogen-bond donors (Lipinski definition) is 3. The van der Waals surface area contributed by atoms with Crippen molar-refractivity contribution in [3.63, 3.8) is 0 Å². The molecule has 1 aliphatic heterocycles. The van der Waals surface area contributed by atoms with E-state index in [1.807, 2.05) is 0 Å². The number of likely N-dealkylation sites (tertiary alicyclic amines) is 1. The number of rotatable bonds is 5. The van der Waals surface area contributed by atoms with E-state index in [1.165, 1.54) is 18.9 Å². The monoisotopic (exact) mass is 312 g/mol. The first-order chi connectivity index (χ1) is 9.90. The molecule has 6 nitrogen and oxygen atoms in total. The van der Waals surface area contributed by atoms with Gasteiger partial charge >= 0.3 is 0 Å². The molecule has 0 amide bonds. The Kier molecular flexibility index (Phi) is 5.08. The molecule has 1 fully saturated rings. The largest absolute Gasteiger partial charge is 0.398 e. The maximum Gasteiger partial charge on any atom is 0.240 e. The number of benzene rings is 1. The van der Waals surface area contributed by atoms with E-state index in [0.717, 1.165) is 31.9 Å². The zero-order chi connectivity index (χ0) is 15.5. The van der Waals surface area contributed by atoms with Gasteiger partial charge in [0, 0.05) is 12.2 Å². The second-order valence-electron chi connectivity index (χ2n) is 5.56. The lowest BCUT2D eigenvalue weighted by Gasteiger charge is -2.31. The van der Waals surface area contributed by atoms with Crippen LogP contribution in [-0.2, 0) is 10.0 Å². The lowest BCUT2D eigenvalue weighted by Crippen LogP contribution is -2.35. The fraction of sp³-hybridized carbons (Fsp3) is 0.571. The summed E-state index contributed by atoms with van der Waals surface area (Å²) in [6.07, 6.45) is 2.37. The van der Waals surface area contributed by atoms with Gasteiger partial charge in [0.2, 0.25) is 10.0 Å². The summed E-state index contributed by atoms with van der Waals surface area (Å²) in [5.41, 5.74) is 6.76. The van der Waals surface area contributed by atoms with Gasteiger partial charge in [0.1, 0.15) is 4.90 Å². The van der Waals surface area contributed by atoms with Crippen molar-refractivity contribution in [2.75, 3.05) is 37.2 Å². The molecule has 21 heavy (non-hydrogen) atoms. The molecule has 0 spiro atoms. The molecular formula is C14H24N4O2S. The third-order valence-corrected chi connectivity index (χ3v) is 5.05. The van der Waals surface area contributed by atoms with E-state index in [2.05, 4.69) is 17.1 Å². The van der Waals surface area contributed by atoms with Crippen molar-refractivity contribution in [1.82, 2.24) is 4.90 Å². The number of nitrogens with two attached hydrogens (primary N) is 2. The Labute approximate surface area is 126 Å². The minimum atomic E-state index is -3.75. The van der Waals surface area contributed by atoms with Gasteiger partial charge in [-0.05, 0) is 56.6 Å². The molecule has 1 heterocycles. The molecule has 0 atom stereocenters. The van der Waals surface area contributed by atoms with Crippen LogP contribution in [0.15, 0.2) is 23.1 Å². The van der Waals surface area contributed by atoms with Gasteiger partial charge in [-0.3, -0.25) is 0 Å². The summed E-state index contributed by atoms with van der Waals surface area (Å²) in [7, 11) is -3.75. The highest BCUT2D eigenvalue weighted by molar-refractivity contribution is 7.89. The predicted octanol–water partition coefficient (Wildman–Crippen LogP) is 1.06. The quantitative estimate of drug-likeness (QED) is 0.706. The van der Waals surface area contributed by atoms with Gasteiger partial charge in [0.05, 0.1) is 5.69 Å². The van der Waals surface area contributed by atoms with Gasteiger partial charge in [-0.25, -0.2) is 13.6 Å². The van der Waals surface area contributed by atoms with Crippen LogP contribution in [0.3, 0.4) is 0 Å². The van der Waals surface area contributed by atoms with Crippen LogP contribution >= 0.6 is 0 Å². The summed E-state index contributed by atoms with van der Waals surface area (Å²) in [6, 6.07) is 4.78. The first kappa shape index (κ1) is 16.1. The lowest BCUT2D eigenvalue weighted by atomic mass is 9.97. The van der Waals surface area contributed by atoms with Crippen molar-refractivity contribution in [1.29, 1.82) is 0 Å². The van der Waals surface area contributed by atoms with Crippen LogP contribution in [0.2, 0.25) is 0 Å². The molecule has 118 valence electrons. The van der Waals surface area contributed by atoms with Crippen LogP contribution in [0.4, 0.5) is 11.4 Å². The predicted molar refractivity (Wildman–Crippen MR) is 85.6 cm³/mol. The number of hydrogen-bond acceptors (Lipinski definition) is 5. The van der Waals surface area contributed by atoms with Crippen LogP contribution in [0.5, 0.6) is 0 Å². The van der Waals surface area contributed by atoms with Crippen LogP contribution in [-0.4, -0.2) is 39.5 Å². The first-order valence-corrected chi connectivity index (χ1v) is 8.83. The van der Waals surface area contributed by atoms with Crippen molar-refractivity contribution in [3.8, 4) is 0 Å². The Morgan fingerprint density at radius 2 is 2.00 bits per heavy atom. The van der Waals surface area contributed by atoms with E-state index in [9.17, 15) is 8.42 Å². The normalized spacial score (nSPS) is 17.8. The fourth-order valence-corrected chi connectivity index (χ4v) is 3.33. The Morgan fingerprint density at radius 3 is 2.52 bits per heavy atom. The van der Waals surface area contributed by atoms with Gasteiger partial charge in [-0.15, -0.1) is 0 Å². The SMILES string of the molecule is CCN1CCC(CNc2ccc(S(N)(=O)=O)c(N)c2)CC1. The number of nitrogens with one attached hydrogen (secondary N) is 1. The Morgan fingerprint density at radius 1 is 1.33 bits per heavy atom. The van der Waals surface area contributed by atoms with E-state index < -0.39 is 10.0 Å². The molecule has 5 N–H and O–H groups in total. The zero-order valence-corrected chi connectivity index (χ0v) is 13.2. The van der Waals surface area contributed by atoms with Gasteiger partial charge in [0.15, 0.2) is 0 Å². The number of sulfonamides is 1. The Balaban J connectivity index is 1.91. The molecule has 1 aromatic carbocycles. The van der Waals surface area contributed by atoms with E-state index in [-0.39, 0.29) is 10.6 Å². The molecule has 0 radical (unpaired) electrons. The van der Waals surface area contributed by atoms with Crippen molar-refractivity contribution >= 4 is 21.4 Å². The summed E-state index contributed by atoms with van der Waals surface area (Å²) in [6.45, 7) is 6.48.